The number of thioether (sulfide) groups is 1. The number of hydrogen-bond acceptors (Lipinski definition) is 4. The Kier molecular flexibility index (Phi) is 4.51. The average molecular weight is 439 g/mol. The normalized spacial score (nSPS) is 12.1. The summed E-state index contributed by atoms with van der Waals surface area (Å²) < 4.78 is 1.78. The Labute approximate surface area is 188 Å². The molecule has 5 heteroatoms. The van der Waals surface area contributed by atoms with Gasteiger partial charge in [-0.15, -0.1) is 11.3 Å². The fourth-order valence-electron chi connectivity index (χ4n) is 4.20. The molecule has 0 N–H and O–H groups in total. The summed E-state index contributed by atoms with van der Waals surface area (Å²) >= 11 is 3.27. The minimum Gasteiger partial charge on any atom is -0.268 e. The second kappa shape index (κ2) is 7.52. The maximum atomic E-state index is 13.9. The van der Waals surface area contributed by atoms with Gasteiger partial charge in [-0.3, -0.25) is 9.36 Å². The molecule has 150 valence electrons. The predicted octanol–water partition coefficient (Wildman–Crippen LogP) is 6.31. The molecule has 0 bridgehead atoms. The molecule has 5 aromatic rings. The topological polar surface area (TPSA) is 34.9 Å². The second-order valence-corrected chi connectivity index (χ2v) is 9.59. The molecule has 0 atom stereocenters. The van der Waals surface area contributed by atoms with Crippen LogP contribution in [0.5, 0.6) is 0 Å². The van der Waals surface area contributed by atoms with Crippen LogP contribution in [0, 0.1) is 0 Å². The number of thiophene rings is 1. The maximum absolute atomic E-state index is 13.9. The summed E-state index contributed by atoms with van der Waals surface area (Å²) in [6, 6.07) is 28.5. The van der Waals surface area contributed by atoms with Crippen LogP contribution in [0.3, 0.4) is 0 Å². The zero-order valence-corrected chi connectivity index (χ0v) is 18.2. The van der Waals surface area contributed by atoms with E-state index in [1.54, 1.807) is 27.7 Å². The van der Waals surface area contributed by atoms with Gasteiger partial charge >= 0.3 is 0 Å². The molecule has 1 aliphatic carbocycles. The Morgan fingerprint density at radius 2 is 1.61 bits per heavy atom. The number of para-hydroxylation sites is 1. The van der Waals surface area contributed by atoms with E-state index in [1.165, 1.54) is 21.6 Å². The van der Waals surface area contributed by atoms with Crippen LogP contribution in [0.25, 0.3) is 27.0 Å². The lowest BCUT2D eigenvalue weighted by molar-refractivity contribution is 0.822. The molecule has 31 heavy (non-hydrogen) atoms. The van der Waals surface area contributed by atoms with E-state index in [9.17, 15) is 4.79 Å². The third-order valence-electron chi connectivity index (χ3n) is 5.63. The van der Waals surface area contributed by atoms with Gasteiger partial charge in [0, 0.05) is 22.6 Å². The van der Waals surface area contributed by atoms with E-state index in [0.29, 0.717) is 0 Å². The van der Waals surface area contributed by atoms with Crippen molar-refractivity contribution in [1.29, 1.82) is 0 Å². The Balaban J connectivity index is 1.57. The average Bonchev–Trinajstić information content (AvgIpc) is 3.34. The highest BCUT2D eigenvalue weighted by molar-refractivity contribution is 7.98. The van der Waals surface area contributed by atoms with Gasteiger partial charge in [-0.05, 0) is 28.8 Å². The van der Waals surface area contributed by atoms with Gasteiger partial charge in [-0.1, -0.05) is 84.6 Å². The molecule has 3 nitrogen and oxygen atoms in total. The quantitative estimate of drug-likeness (QED) is 0.239. The number of aromatic nitrogens is 2. The molecular formula is C26H18N2OS2. The number of benzene rings is 3. The highest BCUT2D eigenvalue weighted by Gasteiger charge is 2.27. The molecule has 6 rings (SSSR count). The molecule has 0 amide bonds. The molecular weight excluding hydrogens is 420 g/mol. The summed E-state index contributed by atoms with van der Waals surface area (Å²) in [4.78, 5) is 21.0. The van der Waals surface area contributed by atoms with Gasteiger partial charge < -0.3 is 0 Å². The maximum Gasteiger partial charge on any atom is 0.268 e. The van der Waals surface area contributed by atoms with Crippen molar-refractivity contribution in [2.75, 3.05) is 0 Å². The summed E-state index contributed by atoms with van der Waals surface area (Å²) in [7, 11) is 0. The van der Waals surface area contributed by atoms with Crippen molar-refractivity contribution in [1.82, 2.24) is 9.55 Å². The fourth-order valence-corrected chi connectivity index (χ4v) is 6.42. The molecule has 0 aliphatic heterocycles. The van der Waals surface area contributed by atoms with E-state index in [-0.39, 0.29) is 5.56 Å². The van der Waals surface area contributed by atoms with Crippen LogP contribution in [0.1, 0.15) is 16.0 Å². The van der Waals surface area contributed by atoms with E-state index in [4.69, 9.17) is 4.98 Å². The number of rotatable bonds is 4. The van der Waals surface area contributed by atoms with Gasteiger partial charge in [0.15, 0.2) is 5.16 Å². The summed E-state index contributed by atoms with van der Waals surface area (Å²) in [5.41, 5.74) is 5.62. The van der Waals surface area contributed by atoms with Gasteiger partial charge in [-0.2, -0.15) is 0 Å². The van der Waals surface area contributed by atoms with Crippen LogP contribution < -0.4 is 5.56 Å². The van der Waals surface area contributed by atoms with Gasteiger partial charge in [-0.25, -0.2) is 4.98 Å². The highest BCUT2D eigenvalue weighted by atomic mass is 32.2. The lowest BCUT2D eigenvalue weighted by Gasteiger charge is -2.12. The van der Waals surface area contributed by atoms with Gasteiger partial charge in [0.05, 0.1) is 11.1 Å². The van der Waals surface area contributed by atoms with Crippen molar-refractivity contribution in [3.63, 3.8) is 0 Å². The molecule has 0 saturated heterocycles. The van der Waals surface area contributed by atoms with Crippen LogP contribution in [0.2, 0.25) is 0 Å². The van der Waals surface area contributed by atoms with Gasteiger partial charge in [0.2, 0.25) is 0 Å². The number of nitrogens with zero attached hydrogens (tertiary/aromatic N) is 2. The van der Waals surface area contributed by atoms with Crippen LogP contribution in [-0.2, 0) is 12.2 Å². The summed E-state index contributed by atoms with van der Waals surface area (Å²) in [5.74, 6) is 0.763. The zero-order valence-electron chi connectivity index (χ0n) is 16.6. The van der Waals surface area contributed by atoms with Crippen molar-refractivity contribution in [2.24, 2.45) is 0 Å². The van der Waals surface area contributed by atoms with E-state index >= 15 is 0 Å². The first kappa shape index (κ1) is 18.6. The minimum absolute atomic E-state index is 0.0148. The summed E-state index contributed by atoms with van der Waals surface area (Å²) in [6.07, 6.45) is 0.879. The van der Waals surface area contributed by atoms with Crippen LogP contribution in [0.15, 0.2) is 94.9 Å². The van der Waals surface area contributed by atoms with Crippen LogP contribution in [0.4, 0.5) is 0 Å². The van der Waals surface area contributed by atoms with E-state index < -0.39 is 0 Å². The van der Waals surface area contributed by atoms with Crippen molar-refractivity contribution in [3.05, 3.63) is 111 Å². The van der Waals surface area contributed by atoms with Crippen molar-refractivity contribution in [3.8, 4) is 16.8 Å². The SMILES string of the molecule is O=c1c2c3c(sc2nc(SCc2ccccc2)n1-c1ccccc1)Cc1ccccc1-3. The fraction of sp³-hybridized carbons (Fsp3) is 0.0769. The first-order chi connectivity index (χ1) is 15.3. The Morgan fingerprint density at radius 3 is 2.42 bits per heavy atom. The molecule has 3 aromatic carbocycles. The van der Waals surface area contributed by atoms with Crippen molar-refractivity contribution in [2.45, 2.75) is 17.3 Å². The number of fused-ring (bicyclic) bond motifs is 5. The zero-order chi connectivity index (χ0) is 20.8. The van der Waals surface area contributed by atoms with Crippen LogP contribution >= 0.6 is 23.1 Å². The molecule has 2 heterocycles. The molecule has 0 saturated carbocycles. The first-order valence-electron chi connectivity index (χ1n) is 10.2. The standard InChI is InChI=1S/C26H18N2OS2/c29-25-23-22-20-14-8-7-11-18(20)15-21(22)31-24(23)27-26(28(25)19-12-5-2-6-13-19)30-16-17-9-3-1-4-10-17/h1-14H,15-16H2. The molecule has 1 aliphatic rings. The van der Waals surface area contributed by atoms with Crippen LogP contribution in [-0.4, -0.2) is 9.55 Å². The first-order valence-corrected chi connectivity index (χ1v) is 12.0. The number of hydrogen-bond donors (Lipinski definition) is 0. The third-order valence-corrected chi connectivity index (χ3v) is 7.72. The smallest absolute Gasteiger partial charge is 0.268 e. The Hall–Kier alpha value is -3.15. The van der Waals surface area contributed by atoms with E-state index in [0.717, 1.165) is 38.8 Å². The summed E-state index contributed by atoms with van der Waals surface area (Å²) in [5, 5.41) is 1.48. The Bertz CT molecular complexity index is 1470. The molecule has 0 unspecified atom stereocenters. The summed E-state index contributed by atoms with van der Waals surface area (Å²) in [6.45, 7) is 0. The molecule has 2 aromatic heterocycles. The molecule has 0 radical (unpaired) electrons. The van der Waals surface area contributed by atoms with E-state index in [2.05, 4.69) is 30.3 Å². The highest BCUT2D eigenvalue weighted by Crippen LogP contribution is 2.45. The van der Waals surface area contributed by atoms with Crippen molar-refractivity contribution >= 4 is 33.3 Å². The Morgan fingerprint density at radius 1 is 0.903 bits per heavy atom. The lowest BCUT2D eigenvalue weighted by Crippen LogP contribution is -2.21. The molecule has 0 fully saturated rings. The monoisotopic (exact) mass is 438 g/mol. The lowest BCUT2D eigenvalue weighted by atomic mass is 10.1. The second-order valence-electron chi connectivity index (χ2n) is 7.56. The van der Waals surface area contributed by atoms with Crippen molar-refractivity contribution < 1.29 is 0 Å². The van der Waals surface area contributed by atoms with Gasteiger partial charge in [0.1, 0.15) is 4.83 Å². The molecule has 0 spiro atoms. The largest absolute Gasteiger partial charge is 0.268 e. The van der Waals surface area contributed by atoms with Gasteiger partial charge in [0.25, 0.3) is 5.56 Å². The predicted molar refractivity (Wildman–Crippen MR) is 129 cm³/mol. The van der Waals surface area contributed by atoms with E-state index in [1.807, 2.05) is 54.6 Å². The minimum atomic E-state index is 0.0148. The third kappa shape index (κ3) is 3.12.